The van der Waals surface area contributed by atoms with E-state index < -0.39 is 9.84 Å². The van der Waals surface area contributed by atoms with Crippen LogP contribution in [0.4, 0.5) is 11.4 Å². The van der Waals surface area contributed by atoms with Gasteiger partial charge in [0.25, 0.3) is 5.91 Å². The van der Waals surface area contributed by atoms with E-state index >= 15 is 0 Å². The Kier molecular flexibility index (Phi) is 4.91. The van der Waals surface area contributed by atoms with Gasteiger partial charge in [-0.1, -0.05) is 12.1 Å². The predicted molar refractivity (Wildman–Crippen MR) is 99.1 cm³/mol. The van der Waals surface area contributed by atoms with Gasteiger partial charge in [-0.25, -0.2) is 8.42 Å². The van der Waals surface area contributed by atoms with Crippen LogP contribution in [0.25, 0.3) is 0 Å². The van der Waals surface area contributed by atoms with Gasteiger partial charge in [-0.05, 0) is 35.6 Å². The Morgan fingerprint density at radius 2 is 2.08 bits per heavy atom. The van der Waals surface area contributed by atoms with Gasteiger partial charge >= 0.3 is 0 Å². The molecular weight excluding hydrogens is 360 g/mol. The molecule has 0 saturated heterocycles. The molecule has 3 rings (SSSR count). The Morgan fingerprint density at radius 3 is 2.76 bits per heavy atom. The summed E-state index contributed by atoms with van der Waals surface area (Å²) in [5.41, 5.74) is 2.40. The molecule has 2 aromatic rings. The highest BCUT2D eigenvalue weighted by Gasteiger charge is 2.26. The van der Waals surface area contributed by atoms with Crippen LogP contribution in [0.1, 0.15) is 21.7 Å². The van der Waals surface area contributed by atoms with Gasteiger partial charge < -0.3 is 10.2 Å². The summed E-state index contributed by atoms with van der Waals surface area (Å²) in [6, 6.07) is 9.07. The predicted octanol–water partition coefficient (Wildman–Crippen LogP) is 2.32. The highest BCUT2D eigenvalue weighted by molar-refractivity contribution is 7.90. The first-order valence-electron chi connectivity index (χ1n) is 7.79. The SMILES string of the molecule is CS(=O)(=O)CCC(=O)Nc1ccc2c(c1)N(C(=O)c1cccs1)CC2. The molecule has 1 aromatic carbocycles. The van der Waals surface area contributed by atoms with E-state index in [0.717, 1.165) is 23.9 Å². The zero-order chi connectivity index (χ0) is 18.0. The fourth-order valence-corrected chi connectivity index (χ4v) is 3.93. The summed E-state index contributed by atoms with van der Waals surface area (Å²) < 4.78 is 22.3. The number of amides is 2. The summed E-state index contributed by atoms with van der Waals surface area (Å²) in [6.07, 6.45) is 1.78. The lowest BCUT2D eigenvalue weighted by Gasteiger charge is -2.17. The number of fused-ring (bicyclic) bond motifs is 1. The molecule has 0 atom stereocenters. The van der Waals surface area contributed by atoms with Crippen LogP contribution in [0.3, 0.4) is 0 Å². The molecule has 0 bridgehead atoms. The molecule has 1 aromatic heterocycles. The minimum absolute atomic E-state index is 0.0469. The normalized spacial score (nSPS) is 13.6. The molecule has 25 heavy (non-hydrogen) atoms. The number of anilines is 2. The van der Waals surface area contributed by atoms with Crippen LogP contribution in [-0.4, -0.2) is 38.8 Å². The summed E-state index contributed by atoms with van der Waals surface area (Å²) in [5, 5.41) is 4.56. The zero-order valence-electron chi connectivity index (χ0n) is 13.7. The quantitative estimate of drug-likeness (QED) is 0.865. The van der Waals surface area contributed by atoms with Gasteiger partial charge in [0.05, 0.1) is 10.6 Å². The average molecular weight is 378 g/mol. The van der Waals surface area contributed by atoms with Crippen LogP contribution >= 0.6 is 11.3 Å². The molecule has 0 unspecified atom stereocenters. The van der Waals surface area contributed by atoms with E-state index in [9.17, 15) is 18.0 Å². The van der Waals surface area contributed by atoms with E-state index in [-0.39, 0.29) is 24.0 Å². The first kappa shape index (κ1) is 17.6. The fraction of sp³-hybridized carbons (Fsp3) is 0.294. The summed E-state index contributed by atoms with van der Waals surface area (Å²) in [7, 11) is -3.18. The van der Waals surface area contributed by atoms with Crippen LogP contribution < -0.4 is 10.2 Å². The van der Waals surface area contributed by atoms with Crippen molar-refractivity contribution in [2.45, 2.75) is 12.8 Å². The van der Waals surface area contributed by atoms with Gasteiger partial charge in [-0.15, -0.1) is 11.3 Å². The number of benzene rings is 1. The minimum Gasteiger partial charge on any atom is -0.326 e. The van der Waals surface area contributed by atoms with Gasteiger partial charge in [0.1, 0.15) is 9.84 Å². The van der Waals surface area contributed by atoms with E-state index in [1.54, 1.807) is 23.1 Å². The molecule has 0 aliphatic carbocycles. The molecule has 2 heterocycles. The molecule has 8 heteroatoms. The third-order valence-electron chi connectivity index (χ3n) is 3.94. The van der Waals surface area contributed by atoms with Crippen LogP contribution in [0, 0.1) is 0 Å². The molecule has 2 amide bonds. The van der Waals surface area contributed by atoms with Gasteiger partial charge in [0.15, 0.2) is 0 Å². The Labute approximate surface area is 150 Å². The number of carbonyl (C=O) groups is 2. The molecule has 0 fully saturated rings. The van der Waals surface area contributed by atoms with Crippen molar-refractivity contribution < 1.29 is 18.0 Å². The number of nitrogens with one attached hydrogen (secondary N) is 1. The van der Waals surface area contributed by atoms with Crippen molar-refractivity contribution >= 4 is 44.4 Å². The maximum absolute atomic E-state index is 12.6. The van der Waals surface area contributed by atoms with Gasteiger partial charge in [0, 0.05) is 30.6 Å². The van der Waals surface area contributed by atoms with Crippen molar-refractivity contribution in [1.29, 1.82) is 0 Å². The highest BCUT2D eigenvalue weighted by atomic mass is 32.2. The van der Waals surface area contributed by atoms with E-state index in [1.165, 1.54) is 11.3 Å². The van der Waals surface area contributed by atoms with Gasteiger partial charge in [-0.2, -0.15) is 0 Å². The third kappa shape index (κ3) is 4.26. The Balaban J connectivity index is 1.74. The lowest BCUT2D eigenvalue weighted by molar-refractivity contribution is -0.115. The molecule has 0 radical (unpaired) electrons. The van der Waals surface area contributed by atoms with Crippen molar-refractivity contribution in [2.24, 2.45) is 0 Å². The zero-order valence-corrected chi connectivity index (χ0v) is 15.3. The van der Waals surface area contributed by atoms with Crippen molar-refractivity contribution in [3.05, 3.63) is 46.2 Å². The molecule has 132 valence electrons. The molecule has 6 nitrogen and oxygen atoms in total. The fourth-order valence-electron chi connectivity index (χ4n) is 2.70. The Hall–Kier alpha value is -2.19. The van der Waals surface area contributed by atoms with Gasteiger partial charge in [0.2, 0.25) is 5.91 Å². The summed E-state index contributed by atoms with van der Waals surface area (Å²) in [5.74, 6) is -0.596. The second kappa shape index (κ2) is 6.97. The third-order valence-corrected chi connectivity index (χ3v) is 5.75. The number of hydrogen-bond donors (Lipinski definition) is 1. The lowest BCUT2D eigenvalue weighted by atomic mass is 10.1. The van der Waals surface area contributed by atoms with Crippen molar-refractivity contribution in [1.82, 2.24) is 0 Å². The van der Waals surface area contributed by atoms with E-state index in [1.807, 2.05) is 17.5 Å². The standard InChI is InChI=1S/C17H18N2O4S2/c1-25(22,23)10-7-16(20)18-13-5-4-12-6-8-19(14(12)11-13)17(21)15-3-2-9-24-15/h2-5,9,11H,6-8,10H2,1H3,(H,18,20). The molecule has 1 aliphatic rings. The van der Waals surface area contributed by atoms with E-state index in [2.05, 4.69) is 5.32 Å². The van der Waals surface area contributed by atoms with Crippen LogP contribution in [0.2, 0.25) is 0 Å². The van der Waals surface area contributed by atoms with Crippen molar-refractivity contribution in [3.8, 4) is 0 Å². The number of nitrogens with zero attached hydrogens (tertiary/aromatic N) is 1. The smallest absolute Gasteiger partial charge is 0.268 e. The largest absolute Gasteiger partial charge is 0.326 e. The first-order chi connectivity index (χ1) is 11.8. The monoisotopic (exact) mass is 378 g/mol. The topological polar surface area (TPSA) is 83.6 Å². The lowest BCUT2D eigenvalue weighted by Crippen LogP contribution is -2.28. The Bertz CT molecular complexity index is 905. The van der Waals surface area contributed by atoms with Crippen LogP contribution in [0.5, 0.6) is 0 Å². The number of sulfone groups is 1. The van der Waals surface area contributed by atoms with Crippen LogP contribution in [0.15, 0.2) is 35.7 Å². The molecular formula is C17H18N2O4S2. The maximum atomic E-state index is 12.6. The maximum Gasteiger partial charge on any atom is 0.268 e. The number of carbonyl (C=O) groups excluding carboxylic acids is 2. The summed E-state index contributed by atoms with van der Waals surface area (Å²) in [4.78, 5) is 26.9. The van der Waals surface area contributed by atoms with Gasteiger partial charge in [-0.3, -0.25) is 9.59 Å². The number of thiophene rings is 1. The molecule has 0 saturated carbocycles. The highest BCUT2D eigenvalue weighted by Crippen LogP contribution is 2.32. The van der Waals surface area contributed by atoms with Crippen molar-refractivity contribution in [2.75, 3.05) is 28.8 Å². The molecule has 1 aliphatic heterocycles. The van der Waals surface area contributed by atoms with E-state index in [0.29, 0.717) is 17.1 Å². The second-order valence-corrected chi connectivity index (χ2v) is 9.16. The minimum atomic E-state index is -3.18. The Morgan fingerprint density at radius 1 is 1.28 bits per heavy atom. The summed E-state index contributed by atoms with van der Waals surface area (Å²) in [6.45, 7) is 0.609. The summed E-state index contributed by atoms with van der Waals surface area (Å²) >= 11 is 1.40. The number of rotatable bonds is 5. The number of hydrogen-bond acceptors (Lipinski definition) is 5. The molecule has 0 spiro atoms. The van der Waals surface area contributed by atoms with Crippen LogP contribution in [-0.2, 0) is 21.1 Å². The second-order valence-electron chi connectivity index (χ2n) is 5.96. The van der Waals surface area contributed by atoms with E-state index in [4.69, 9.17) is 0 Å². The average Bonchev–Trinajstić information content (AvgIpc) is 3.21. The first-order valence-corrected chi connectivity index (χ1v) is 10.7. The molecule has 1 N–H and O–H groups in total. The van der Waals surface area contributed by atoms with Crippen molar-refractivity contribution in [3.63, 3.8) is 0 Å².